The predicted molar refractivity (Wildman–Crippen MR) is 88.0 cm³/mol. The van der Waals surface area contributed by atoms with Gasteiger partial charge in [-0.05, 0) is 58.4 Å². The van der Waals surface area contributed by atoms with Gasteiger partial charge in [-0.3, -0.25) is 4.79 Å². The molecule has 22 heavy (non-hydrogen) atoms. The number of halogens is 2. The fourth-order valence-electron chi connectivity index (χ4n) is 1.58. The number of hydrogen-bond acceptors (Lipinski definition) is 4. The van der Waals surface area contributed by atoms with E-state index in [0.717, 1.165) is 6.26 Å². The van der Waals surface area contributed by atoms with Crippen molar-refractivity contribution in [3.63, 3.8) is 0 Å². The summed E-state index contributed by atoms with van der Waals surface area (Å²) in [4.78, 5) is 11.8. The minimum atomic E-state index is -3.61. The van der Waals surface area contributed by atoms with Crippen LogP contribution in [-0.4, -0.2) is 20.6 Å². The van der Waals surface area contributed by atoms with Crippen molar-refractivity contribution in [1.29, 1.82) is 0 Å². The fourth-order valence-corrected chi connectivity index (χ4v) is 2.62. The van der Waals surface area contributed by atoms with Gasteiger partial charge >= 0.3 is 0 Å². The maximum absolute atomic E-state index is 11.8. The second-order valence-electron chi connectivity index (χ2n) is 4.40. The molecular formula is C14H11BrClNO4S. The van der Waals surface area contributed by atoms with Crippen LogP contribution in [0.5, 0.6) is 11.5 Å². The molecule has 0 aromatic heterocycles. The van der Waals surface area contributed by atoms with Crippen molar-refractivity contribution >= 4 is 43.5 Å². The van der Waals surface area contributed by atoms with Gasteiger partial charge < -0.3 is 4.74 Å². The summed E-state index contributed by atoms with van der Waals surface area (Å²) in [7, 11) is -3.61. The largest absolute Gasteiger partial charge is 0.456 e. The fraction of sp³-hybridized carbons (Fsp3) is 0.0714. The Kier molecular flexibility index (Phi) is 5.10. The Balaban J connectivity index is 2.19. The quantitative estimate of drug-likeness (QED) is 0.845. The lowest BCUT2D eigenvalue weighted by molar-refractivity contribution is 0.0981. The summed E-state index contributed by atoms with van der Waals surface area (Å²) < 4.78 is 30.2. The Morgan fingerprint density at radius 1 is 1.18 bits per heavy atom. The van der Waals surface area contributed by atoms with Gasteiger partial charge in [0.1, 0.15) is 11.5 Å². The number of hydrogen-bond donors (Lipinski definition) is 1. The van der Waals surface area contributed by atoms with Crippen molar-refractivity contribution in [2.45, 2.75) is 0 Å². The van der Waals surface area contributed by atoms with Gasteiger partial charge in [0.15, 0.2) is 0 Å². The average molecular weight is 405 g/mol. The maximum atomic E-state index is 11.8. The lowest BCUT2D eigenvalue weighted by atomic mass is 10.2. The van der Waals surface area contributed by atoms with E-state index < -0.39 is 15.9 Å². The Morgan fingerprint density at radius 2 is 1.82 bits per heavy atom. The zero-order valence-corrected chi connectivity index (χ0v) is 14.5. The molecule has 0 aliphatic rings. The van der Waals surface area contributed by atoms with Crippen LogP contribution in [0.2, 0.25) is 5.02 Å². The van der Waals surface area contributed by atoms with E-state index in [1.165, 1.54) is 12.1 Å². The molecule has 0 atom stereocenters. The van der Waals surface area contributed by atoms with Gasteiger partial charge in [-0.1, -0.05) is 11.6 Å². The first-order valence-corrected chi connectivity index (χ1v) is 9.06. The molecule has 0 radical (unpaired) electrons. The standard InChI is InChI=1S/C14H11BrClNO4S/c1-22(19,20)17-14(18)9-2-7-13(12(15)8-9)21-11-5-3-10(16)4-6-11/h2-8H,1H3,(H,17,18). The van der Waals surface area contributed by atoms with Crippen molar-refractivity contribution in [3.05, 3.63) is 57.5 Å². The number of nitrogens with one attached hydrogen (secondary N) is 1. The number of carbonyl (C=O) groups excluding carboxylic acids is 1. The number of ether oxygens (including phenoxy) is 1. The first-order valence-electron chi connectivity index (χ1n) is 6.00. The normalized spacial score (nSPS) is 11.0. The van der Waals surface area contributed by atoms with Gasteiger partial charge in [0.25, 0.3) is 5.91 Å². The summed E-state index contributed by atoms with van der Waals surface area (Å²) >= 11 is 9.08. The Hall–Kier alpha value is -1.57. The molecule has 5 nitrogen and oxygen atoms in total. The zero-order valence-electron chi connectivity index (χ0n) is 11.3. The molecule has 1 N–H and O–H groups in total. The number of amides is 1. The monoisotopic (exact) mass is 403 g/mol. The molecule has 0 heterocycles. The van der Waals surface area contributed by atoms with Crippen molar-refractivity contribution in [1.82, 2.24) is 4.72 Å². The van der Waals surface area contributed by atoms with E-state index in [-0.39, 0.29) is 5.56 Å². The van der Waals surface area contributed by atoms with Crippen LogP contribution in [0.3, 0.4) is 0 Å². The van der Waals surface area contributed by atoms with Gasteiger partial charge in [0.05, 0.1) is 10.7 Å². The van der Waals surface area contributed by atoms with Crippen LogP contribution < -0.4 is 9.46 Å². The molecule has 116 valence electrons. The number of sulfonamides is 1. The number of benzene rings is 2. The molecule has 0 unspecified atom stereocenters. The molecule has 1 amide bonds. The SMILES string of the molecule is CS(=O)(=O)NC(=O)c1ccc(Oc2ccc(Cl)cc2)c(Br)c1. The highest BCUT2D eigenvalue weighted by Crippen LogP contribution is 2.31. The predicted octanol–water partition coefficient (Wildman–Crippen LogP) is 3.58. The summed E-state index contributed by atoms with van der Waals surface area (Å²) in [6.45, 7) is 0. The number of carbonyl (C=O) groups is 1. The average Bonchev–Trinajstić information content (AvgIpc) is 2.41. The minimum absolute atomic E-state index is 0.195. The Labute approximate surface area is 141 Å². The van der Waals surface area contributed by atoms with E-state index in [1.54, 1.807) is 30.3 Å². The summed E-state index contributed by atoms with van der Waals surface area (Å²) in [6, 6.07) is 11.3. The maximum Gasteiger partial charge on any atom is 0.264 e. The number of rotatable bonds is 4. The molecule has 0 fully saturated rings. The minimum Gasteiger partial charge on any atom is -0.456 e. The van der Waals surface area contributed by atoms with E-state index in [4.69, 9.17) is 16.3 Å². The lowest BCUT2D eigenvalue weighted by Crippen LogP contribution is -2.29. The van der Waals surface area contributed by atoms with Crippen LogP contribution in [0.4, 0.5) is 0 Å². The first kappa shape index (κ1) is 16.8. The summed E-state index contributed by atoms with van der Waals surface area (Å²) in [5, 5.41) is 0.596. The van der Waals surface area contributed by atoms with Crippen LogP contribution in [0.25, 0.3) is 0 Å². The smallest absolute Gasteiger partial charge is 0.264 e. The summed E-state index contributed by atoms with van der Waals surface area (Å²) in [5.41, 5.74) is 0.195. The third kappa shape index (κ3) is 4.72. The first-order chi connectivity index (χ1) is 10.2. The highest BCUT2D eigenvalue weighted by atomic mass is 79.9. The molecule has 2 aromatic carbocycles. The van der Waals surface area contributed by atoms with Crippen LogP contribution in [0, 0.1) is 0 Å². The summed E-state index contributed by atoms with van der Waals surface area (Å²) in [5.74, 6) is 0.359. The van der Waals surface area contributed by atoms with Gasteiger partial charge in [-0.25, -0.2) is 13.1 Å². The second-order valence-corrected chi connectivity index (χ2v) is 7.44. The molecule has 0 aliphatic carbocycles. The third-order valence-corrected chi connectivity index (χ3v) is 3.94. The van der Waals surface area contributed by atoms with Crippen LogP contribution in [0.15, 0.2) is 46.9 Å². The lowest BCUT2D eigenvalue weighted by Gasteiger charge is -2.09. The van der Waals surface area contributed by atoms with E-state index in [0.29, 0.717) is 21.0 Å². The molecule has 0 saturated heterocycles. The topological polar surface area (TPSA) is 72.5 Å². The van der Waals surface area contributed by atoms with Gasteiger partial charge in [0.2, 0.25) is 10.0 Å². The van der Waals surface area contributed by atoms with Gasteiger partial charge in [-0.15, -0.1) is 0 Å². The van der Waals surface area contributed by atoms with E-state index in [1.807, 2.05) is 4.72 Å². The molecule has 0 bridgehead atoms. The molecule has 0 saturated carbocycles. The third-order valence-electron chi connectivity index (χ3n) is 2.51. The van der Waals surface area contributed by atoms with E-state index in [2.05, 4.69) is 15.9 Å². The highest BCUT2D eigenvalue weighted by molar-refractivity contribution is 9.10. The highest BCUT2D eigenvalue weighted by Gasteiger charge is 2.13. The Morgan fingerprint density at radius 3 is 2.36 bits per heavy atom. The summed E-state index contributed by atoms with van der Waals surface area (Å²) in [6.07, 6.45) is 0.915. The van der Waals surface area contributed by atoms with E-state index in [9.17, 15) is 13.2 Å². The van der Waals surface area contributed by atoms with E-state index >= 15 is 0 Å². The van der Waals surface area contributed by atoms with Crippen molar-refractivity contribution < 1.29 is 17.9 Å². The Bertz CT molecular complexity index is 806. The van der Waals surface area contributed by atoms with Crippen LogP contribution >= 0.6 is 27.5 Å². The van der Waals surface area contributed by atoms with Crippen molar-refractivity contribution in [3.8, 4) is 11.5 Å². The van der Waals surface area contributed by atoms with Crippen LogP contribution in [0.1, 0.15) is 10.4 Å². The molecule has 2 rings (SSSR count). The van der Waals surface area contributed by atoms with Crippen molar-refractivity contribution in [2.24, 2.45) is 0 Å². The van der Waals surface area contributed by atoms with Crippen molar-refractivity contribution in [2.75, 3.05) is 6.26 Å². The molecule has 2 aromatic rings. The molecule has 0 aliphatic heterocycles. The molecule has 8 heteroatoms. The molecular weight excluding hydrogens is 394 g/mol. The van der Waals surface area contributed by atoms with Gasteiger partial charge in [0, 0.05) is 10.6 Å². The second kappa shape index (κ2) is 6.68. The van der Waals surface area contributed by atoms with Crippen LogP contribution in [-0.2, 0) is 10.0 Å². The zero-order chi connectivity index (χ0) is 16.3. The van der Waals surface area contributed by atoms with Gasteiger partial charge in [-0.2, -0.15) is 0 Å². The molecule has 0 spiro atoms.